The smallest absolute Gasteiger partial charge is 0.253 e. The van der Waals surface area contributed by atoms with Crippen LogP contribution in [-0.4, -0.2) is 72.1 Å². The van der Waals surface area contributed by atoms with E-state index in [9.17, 15) is 4.79 Å². The predicted molar refractivity (Wildman–Crippen MR) is 136 cm³/mol. The van der Waals surface area contributed by atoms with E-state index in [-0.39, 0.29) is 12.4 Å². The molecule has 1 saturated heterocycles. The van der Waals surface area contributed by atoms with E-state index in [1.54, 1.807) is 0 Å². The molecule has 3 aliphatic rings. The highest BCUT2D eigenvalue weighted by Crippen LogP contribution is 2.35. The molecule has 2 N–H and O–H groups in total. The van der Waals surface area contributed by atoms with Crippen molar-refractivity contribution < 1.29 is 14.2 Å². The maximum atomic E-state index is 13.0. The minimum Gasteiger partial charge on any atom is -0.454 e. The number of rotatable bonds is 7. The number of hydrogen-bond acceptors (Lipinski definition) is 6. The lowest BCUT2D eigenvalue weighted by atomic mass is 9.94. The molecule has 2 fully saturated rings. The quantitative estimate of drug-likeness (QED) is 0.457. The number of hydrogen-bond donors (Lipinski definition) is 2. The van der Waals surface area contributed by atoms with Gasteiger partial charge in [-0.3, -0.25) is 9.69 Å². The molecule has 34 heavy (non-hydrogen) atoms. The van der Waals surface area contributed by atoms with E-state index in [1.807, 2.05) is 18.2 Å². The third-order valence-corrected chi connectivity index (χ3v) is 7.44. The largest absolute Gasteiger partial charge is 0.454 e. The molecular formula is C25H34N4O4S. The van der Waals surface area contributed by atoms with Gasteiger partial charge in [0.05, 0.1) is 25.3 Å². The van der Waals surface area contributed by atoms with E-state index in [1.165, 1.54) is 19.3 Å². The van der Waals surface area contributed by atoms with Crippen LogP contribution < -0.4 is 20.3 Å². The highest BCUT2D eigenvalue weighted by atomic mass is 32.1. The number of nitrogens with zero attached hydrogens (tertiary/aromatic N) is 2. The second kappa shape index (κ2) is 10.9. The van der Waals surface area contributed by atoms with Gasteiger partial charge in [0.1, 0.15) is 0 Å². The molecule has 2 aliphatic heterocycles. The van der Waals surface area contributed by atoms with Crippen molar-refractivity contribution in [2.45, 2.75) is 51.1 Å². The summed E-state index contributed by atoms with van der Waals surface area (Å²) < 4.78 is 16.4. The van der Waals surface area contributed by atoms with Gasteiger partial charge in [0.25, 0.3) is 5.56 Å². The minimum atomic E-state index is -0.0812. The molecule has 0 amide bonds. The number of fused-ring (bicyclic) bond motifs is 2. The monoisotopic (exact) mass is 486 g/mol. The normalized spacial score (nSPS) is 18.8. The van der Waals surface area contributed by atoms with Gasteiger partial charge in [-0.05, 0) is 50.2 Å². The molecule has 1 aliphatic carbocycles. The second-order valence-corrected chi connectivity index (χ2v) is 9.76. The molecule has 1 saturated carbocycles. The van der Waals surface area contributed by atoms with E-state index in [2.05, 4.69) is 20.1 Å². The van der Waals surface area contributed by atoms with Crippen molar-refractivity contribution in [2.24, 2.45) is 0 Å². The van der Waals surface area contributed by atoms with E-state index in [0.717, 1.165) is 80.2 Å². The number of pyridine rings is 1. The highest BCUT2D eigenvalue weighted by molar-refractivity contribution is 7.80. The molecule has 0 bridgehead atoms. The molecule has 2 aromatic rings. The van der Waals surface area contributed by atoms with Gasteiger partial charge in [0.2, 0.25) is 6.79 Å². The van der Waals surface area contributed by atoms with Crippen LogP contribution in [0.2, 0.25) is 0 Å². The van der Waals surface area contributed by atoms with Gasteiger partial charge in [0, 0.05) is 42.7 Å². The number of morpholine rings is 1. The summed E-state index contributed by atoms with van der Waals surface area (Å²) in [6, 6.07) is 6.10. The molecule has 0 atom stereocenters. The van der Waals surface area contributed by atoms with Crippen molar-refractivity contribution in [3.63, 3.8) is 0 Å². The van der Waals surface area contributed by atoms with Crippen LogP contribution in [0.15, 0.2) is 23.0 Å². The van der Waals surface area contributed by atoms with E-state index < -0.39 is 0 Å². The fourth-order valence-electron chi connectivity index (χ4n) is 5.13. The van der Waals surface area contributed by atoms with Gasteiger partial charge in [-0.25, -0.2) is 0 Å². The molecule has 5 rings (SSSR count). The first-order valence-corrected chi connectivity index (χ1v) is 12.9. The van der Waals surface area contributed by atoms with Gasteiger partial charge in [0.15, 0.2) is 16.6 Å². The van der Waals surface area contributed by atoms with Crippen LogP contribution in [0.1, 0.15) is 44.1 Å². The average Bonchev–Trinajstić information content (AvgIpc) is 3.32. The van der Waals surface area contributed by atoms with Crippen LogP contribution in [0, 0.1) is 0 Å². The van der Waals surface area contributed by atoms with Crippen molar-refractivity contribution in [1.82, 2.24) is 20.1 Å². The lowest BCUT2D eigenvalue weighted by molar-refractivity contribution is 0.0375. The van der Waals surface area contributed by atoms with E-state index >= 15 is 0 Å². The molecule has 8 nitrogen and oxygen atoms in total. The SMILES string of the molecule is O=c1[nH]c2cc3c(cc2cc1CN(C(=S)NCCCN1CCOCC1)C1CCCCC1)OCO3. The summed E-state index contributed by atoms with van der Waals surface area (Å²) in [6.45, 7) is 6.24. The number of benzene rings is 1. The maximum Gasteiger partial charge on any atom is 0.253 e. The van der Waals surface area contributed by atoms with Crippen LogP contribution >= 0.6 is 12.2 Å². The fourth-order valence-corrected chi connectivity index (χ4v) is 5.44. The minimum absolute atomic E-state index is 0.0812. The predicted octanol–water partition coefficient (Wildman–Crippen LogP) is 2.99. The zero-order valence-electron chi connectivity index (χ0n) is 19.6. The molecule has 1 aromatic heterocycles. The molecular weight excluding hydrogens is 452 g/mol. The molecule has 0 unspecified atom stereocenters. The molecule has 184 valence electrons. The first kappa shape index (κ1) is 23.4. The Bertz CT molecular complexity index is 1060. The summed E-state index contributed by atoms with van der Waals surface area (Å²) in [7, 11) is 0. The number of nitrogens with one attached hydrogen (secondary N) is 2. The Morgan fingerprint density at radius 2 is 1.88 bits per heavy atom. The number of thiocarbonyl (C=S) groups is 1. The molecule has 9 heteroatoms. The highest BCUT2D eigenvalue weighted by Gasteiger charge is 2.25. The Labute approximate surface area is 205 Å². The maximum absolute atomic E-state index is 13.0. The third-order valence-electron chi connectivity index (χ3n) is 7.06. The molecule has 1 aromatic carbocycles. The summed E-state index contributed by atoms with van der Waals surface area (Å²) in [5, 5.41) is 5.17. The topological polar surface area (TPSA) is 79.1 Å². The standard InChI is InChI=1S/C25H34N4O4S/c30-24-19(13-18-14-22-23(33-17-32-22)15-21(18)27-24)16-29(20-5-2-1-3-6-20)25(34)26-7-4-8-28-9-11-31-12-10-28/h13-15,20H,1-12,16-17H2,(H,26,34)(H,27,30). The summed E-state index contributed by atoms with van der Waals surface area (Å²) in [5.74, 6) is 1.38. The Morgan fingerprint density at radius 1 is 1.12 bits per heavy atom. The first-order chi connectivity index (χ1) is 16.7. The fraction of sp³-hybridized carbons (Fsp3) is 0.600. The van der Waals surface area contributed by atoms with Crippen LogP contribution in [0.5, 0.6) is 11.5 Å². The Hall–Kier alpha value is -2.36. The average molecular weight is 487 g/mol. The van der Waals surface area contributed by atoms with Crippen molar-refractivity contribution in [1.29, 1.82) is 0 Å². The number of ether oxygens (including phenoxy) is 3. The molecule has 0 radical (unpaired) electrons. The summed E-state index contributed by atoms with van der Waals surface area (Å²) >= 11 is 5.86. The van der Waals surface area contributed by atoms with Crippen molar-refractivity contribution in [3.05, 3.63) is 34.1 Å². The second-order valence-electron chi connectivity index (χ2n) is 9.38. The van der Waals surface area contributed by atoms with Crippen molar-refractivity contribution in [2.75, 3.05) is 46.2 Å². The Kier molecular flexibility index (Phi) is 7.51. The Morgan fingerprint density at radius 3 is 2.68 bits per heavy atom. The van der Waals surface area contributed by atoms with Gasteiger partial charge in [-0.2, -0.15) is 0 Å². The van der Waals surface area contributed by atoms with Gasteiger partial charge in [-0.1, -0.05) is 19.3 Å². The zero-order chi connectivity index (χ0) is 23.3. The van der Waals surface area contributed by atoms with Gasteiger partial charge >= 0.3 is 0 Å². The third kappa shape index (κ3) is 5.47. The van der Waals surface area contributed by atoms with Crippen molar-refractivity contribution >= 4 is 28.2 Å². The summed E-state index contributed by atoms with van der Waals surface area (Å²) in [5.41, 5.74) is 1.39. The van der Waals surface area contributed by atoms with Crippen LogP contribution in [0.25, 0.3) is 10.9 Å². The van der Waals surface area contributed by atoms with Gasteiger partial charge in [-0.15, -0.1) is 0 Å². The number of aromatic nitrogens is 1. The van der Waals surface area contributed by atoms with Crippen LogP contribution in [0.4, 0.5) is 0 Å². The van der Waals surface area contributed by atoms with Crippen LogP contribution in [-0.2, 0) is 11.3 Å². The first-order valence-electron chi connectivity index (χ1n) is 12.5. The van der Waals surface area contributed by atoms with Gasteiger partial charge < -0.3 is 29.4 Å². The van der Waals surface area contributed by atoms with Crippen molar-refractivity contribution in [3.8, 4) is 11.5 Å². The van der Waals surface area contributed by atoms with Crippen LogP contribution in [0.3, 0.4) is 0 Å². The lowest BCUT2D eigenvalue weighted by Crippen LogP contribution is -2.47. The summed E-state index contributed by atoms with van der Waals surface area (Å²) in [4.78, 5) is 20.7. The van der Waals surface area contributed by atoms with E-state index in [0.29, 0.717) is 24.1 Å². The number of aromatic amines is 1. The lowest BCUT2D eigenvalue weighted by Gasteiger charge is -2.36. The van der Waals surface area contributed by atoms with E-state index in [4.69, 9.17) is 26.4 Å². The molecule has 0 spiro atoms. The number of H-pyrrole nitrogens is 1. The summed E-state index contributed by atoms with van der Waals surface area (Å²) in [6.07, 6.45) is 6.94. The zero-order valence-corrected chi connectivity index (χ0v) is 20.5. The Balaban J connectivity index is 1.28. The molecule has 3 heterocycles.